The first kappa shape index (κ1) is 44.0. The molecule has 0 fully saturated rings. The summed E-state index contributed by atoms with van der Waals surface area (Å²) in [6.45, 7) is 3.64. The number of carbonyl (C=O) groups is 2. The van der Waals surface area contributed by atoms with Gasteiger partial charge in [0.2, 0.25) is 0 Å². The number of hydrogen-bond donors (Lipinski definition) is 2. The Bertz CT molecular complexity index is 711. The van der Waals surface area contributed by atoms with Crippen LogP contribution in [0.2, 0.25) is 0 Å². The molecule has 0 aromatic carbocycles. The summed E-state index contributed by atoms with van der Waals surface area (Å²) < 4.78 is 26.2. The van der Waals surface area contributed by atoms with E-state index in [4.69, 9.17) is 19.3 Å². The van der Waals surface area contributed by atoms with Crippen molar-refractivity contribution in [2.45, 2.75) is 206 Å². The fourth-order valence-electron chi connectivity index (χ4n) is 5.55. The first-order valence-electron chi connectivity index (χ1n) is 18.8. The lowest BCUT2D eigenvalue weighted by Gasteiger charge is -2.18. The van der Waals surface area contributed by atoms with E-state index in [2.05, 4.69) is 18.4 Å². The normalized spacial score (nSPS) is 12.4. The fraction of sp³-hybridized carbons (Fsp3) is 0.944. The van der Waals surface area contributed by atoms with Gasteiger partial charge in [0.1, 0.15) is 6.61 Å². The van der Waals surface area contributed by atoms with Gasteiger partial charge in [-0.2, -0.15) is 0 Å². The quantitative estimate of drug-likeness (QED) is 0.0391. The lowest BCUT2D eigenvalue weighted by atomic mass is 10.0. The van der Waals surface area contributed by atoms with Gasteiger partial charge in [0, 0.05) is 12.8 Å². The van der Waals surface area contributed by atoms with Gasteiger partial charge in [0.25, 0.3) is 0 Å². The number of esters is 2. The van der Waals surface area contributed by atoms with Gasteiger partial charge in [0.05, 0.1) is 6.61 Å². The second-order valence-electron chi connectivity index (χ2n) is 12.9. The maximum absolute atomic E-state index is 12.3. The van der Waals surface area contributed by atoms with Crippen LogP contribution in [0.3, 0.4) is 0 Å². The van der Waals surface area contributed by atoms with Crippen molar-refractivity contribution in [1.29, 1.82) is 0 Å². The Balaban J connectivity index is 3.80. The van der Waals surface area contributed by atoms with Crippen LogP contribution in [0, 0.1) is 0 Å². The summed E-state index contributed by atoms with van der Waals surface area (Å²) in [5.74, 6) is -0.880. The number of carbonyl (C=O) groups excluding carboxylic acids is 2. The number of ether oxygens (including phenoxy) is 2. The van der Waals surface area contributed by atoms with Gasteiger partial charge in [-0.1, -0.05) is 174 Å². The van der Waals surface area contributed by atoms with Gasteiger partial charge in [-0.3, -0.25) is 14.1 Å². The number of phosphoric ester groups is 1. The summed E-state index contributed by atoms with van der Waals surface area (Å²) in [5.41, 5.74) is 0. The molecule has 8 nitrogen and oxygen atoms in total. The van der Waals surface area contributed by atoms with Gasteiger partial charge >= 0.3 is 19.8 Å². The van der Waals surface area contributed by atoms with Crippen molar-refractivity contribution in [1.82, 2.24) is 0 Å². The minimum absolute atomic E-state index is 0.220. The highest BCUT2D eigenvalue weighted by Crippen LogP contribution is 2.36. The van der Waals surface area contributed by atoms with Crippen molar-refractivity contribution >= 4 is 19.8 Å². The summed E-state index contributed by atoms with van der Waals surface area (Å²) in [6, 6.07) is 0. The molecule has 0 saturated heterocycles. The molecule has 1 atom stereocenters. The molecule has 0 unspecified atom stereocenters. The van der Waals surface area contributed by atoms with Crippen LogP contribution in [0.15, 0.2) is 0 Å². The molecule has 0 saturated carbocycles. The minimum atomic E-state index is -4.73. The van der Waals surface area contributed by atoms with E-state index < -0.39 is 32.5 Å². The van der Waals surface area contributed by atoms with Crippen LogP contribution >= 0.6 is 7.82 Å². The lowest BCUT2D eigenvalue weighted by Crippen LogP contribution is -2.29. The van der Waals surface area contributed by atoms with Gasteiger partial charge in [-0.25, -0.2) is 4.57 Å². The Hall–Kier alpha value is -0.950. The van der Waals surface area contributed by atoms with Crippen molar-refractivity contribution in [3.8, 4) is 0 Å². The molecule has 0 heterocycles. The van der Waals surface area contributed by atoms with Gasteiger partial charge in [-0.05, 0) is 12.8 Å². The lowest BCUT2D eigenvalue weighted by molar-refractivity contribution is -0.161. The zero-order valence-electron chi connectivity index (χ0n) is 29.3. The molecule has 0 spiro atoms. The third-order valence-corrected chi connectivity index (χ3v) is 8.86. The predicted octanol–water partition coefficient (Wildman–Crippen LogP) is 10.9. The van der Waals surface area contributed by atoms with Crippen molar-refractivity contribution in [3.05, 3.63) is 0 Å². The average Bonchev–Trinajstić information content (AvgIpc) is 3.00. The van der Waals surface area contributed by atoms with Crippen LogP contribution in [-0.4, -0.2) is 41.0 Å². The molecule has 2 N–H and O–H groups in total. The first-order chi connectivity index (χ1) is 21.8. The number of phosphoric acid groups is 1. The van der Waals surface area contributed by atoms with E-state index in [0.717, 1.165) is 32.1 Å². The molecular formula is C36H71O8P. The fourth-order valence-corrected chi connectivity index (χ4v) is 5.91. The number of hydrogen-bond acceptors (Lipinski definition) is 6. The highest BCUT2D eigenvalue weighted by Gasteiger charge is 2.22. The van der Waals surface area contributed by atoms with Crippen LogP contribution in [0.4, 0.5) is 0 Å². The third kappa shape index (κ3) is 35.7. The minimum Gasteiger partial charge on any atom is -0.462 e. The molecule has 0 aliphatic heterocycles. The van der Waals surface area contributed by atoms with Crippen molar-refractivity contribution in [3.63, 3.8) is 0 Å². The Morgan fingerprint density at radius 3 is 1.13 bits per heavy atom. The second-order valence-corrected chi connectivity index (χ2v) is 14.2. The second kappa shape index (κ2) is 33.0. The SMILES string of the molecule is CCCCCCCCCCCCCCCCCCCCCCC(=O)O[C@H](COC(=O)CCCCCCCCC)COP(=O)(O)O. The molecule has 0 aliphatic carbocycles. The van der Waals surface area contributed by atoms with Gasteiger partial charge in [-0.15, -0.1) is 0 Å². The van der Waals surface area contributed by atoms with E-state index >= 15 is 0 Å². The molecule has 0 radical (unpaired) electrons. The predicted molar refractivity (Wildman–Crippen MR) is 184 cm³/mol. The summed E-state index contributed by atoms with van der Waals surface area (Å²) in [5, 5.41) is 0. The van der Waals surface area contributed by atoms with E-state index in [1.54, 1.807) is 0 Å². The molecule has 0 amide bonds. The molecule has 0 bridgehead atoms. The van der Waals surface area contributed by atoms with Gasteiger partial charge < -0.3 is 19.3 Å². The smallest absolute Gasteiger partial charge is 0.462 e. The Labute approximate surface area is 276 Å². The Morgan fingerprint density at radius 1 is 0.489 bits per heavy atom. The summed E-state index contributed by atoms with van der Waals surface area (Å²) in [6.07, 6.45) is 32.8. The van der Waals surface area contributed by atoms with Crippen LogP contribution in [0.1, 0.15) is 200 Å². The van der Waals surface area contributed by atoms with Crippen molar-refractivity contribution in [2.75, 3.05) is 13.2 Å². The maximum atomic E-state index is 12.3. The number of unbranched alkanes of at least 4 members (excludes halogenated alkanes) is 25. The molecule has 0 aliphatic rings. The van der Waals surface area contributed by atoms with Crippen molar-refractivity contribution in [2.24, 2.45) is 0 Å². The summed E-state index contributed by atoms with van der Waals surface area (Å²) in [7, 11) is -4.73. The van der Waals surface area contributed by atoms with E-state index in [0.29, 0.717) is 6.42 Å². The van der Waals surface area contributed by atoms with Gasteiger partial charge in [0.15, 0.2) is 6.10 Å². The molecule has 9 heteroatoms. The maximum Gasteiger partial charge on any atom is 0.469 e. The number of rotatable bonds is 35. The molecular weight excluding hydrogens is 591 g/mol. The molecule has 45 heavy (non-hydrogen) atoms. The topological polar surface area (TPSA) is 119 Å². The zero-order chi connectivity index (χ0) is 33.3. The van der Waals surface area contributed by atoms with E-state index in [1.807, 2.05) is 0 Å². The molecule has 0 aromatic heterocycles. The largest absolute Gasteiger partial charge is 0.469 e. The molecule has 0 aromatic rings. The Morgan fingerprint density at radius 2 is 0.800 bits per heavy atom. The van der Waals surface area contributed by atoms with Crippen LogP contribution < -0.4 is 0 Å². The summed E-state index contributed by atoms with van der Waals surface area (Å²) in [4.78, 5) is 42.4. The molecule has 0 rings (SSSR count). The van der Waals surface area contributed by atoms with Crippen LogP contribution in [-0.2, 0) is 28.2 Å². The van der Waals surface area contributed by atoms with Crippen LogP contribution in [0.25, 0.3) is 0 Å². The van der Waals surface area contributed by atoms with Crippen molar-refractivity contribution < 1.29 is 37.9 Å². The highest BCUT2D eigenvalue weighted by molar-refractivity contribution is 7.46. The van der Waals surface area contributed by atoms with E-state index in [1.165, 1.54) is 135 Å². The van der Waals surface area contributed by atoms with E-state index in [9.17, 15) is 14.2 Å². The Kier molecular flexibility index (Phi) is 32.3. The highest BCUT2D eigenvalue weighted by atomic mass is 31.2. The average molecular weight is 663 g/mol. The van der Waals surface area contributed by atoms with E-state index in [-0.39, 0.29) is 19.4 Å². The third-order valence-electron chi connectivity index (χ3n) is 8.38. The zero-order valence-corrected chi connectivity index (χ0v) is 30.2. The van der Waals surface area contributed by atoms with Crippen LogP contribution in [0.5, 0.6) is 0 Å². The standard InChI is InChI=1S/C36H71O8P/c1-3-5-7-9-11-12-13-14-15-16-17-18-19-20-21-22-23-25-27-29-31-36(38)44-34(33-43-45(39,40)41)32-42-35(37)30-28-26-24-10-8-6-4-2/h34H,3-33H2,1-2H3,(H2,39,40,41)/t34-/m1/s1. The first-order valence-corrected chi connectivity index (χ1v) is 20.4. The summed E-state index contributed by atoms with van der Waals surface area (Å²) >= 11 is 0. The monoisotopic (exact) mass is 662 g/mol. The molecule has 268 valence electrons.